The van der Waals surface area contributed by atoms with Gasteiger partial charge in [-0.15, -0.1) is 0 Å². The maximum absolute atomic E-state index is 4.99. The Morgan fingerprint density at radius 2 is 1.86 bits per heavy atom. The first kappa shape index (κ1) is 17.6. The van der Waals surface area contributed by atoms with Crippen molar-refractivity contribution in [3.05, 3.63) is 48.3 Å². The van der Waals surface area contributed by atoms with Crippen LogP contribution in [0.25, 0.3) is 22.2 Å². The average molecular weight is 387 g/mol. The molecule has 2 fully saturated rings. The van der Waals surface area contributed by atoms with Gasteiger partial charge in [0, 0.05) is 47.9 Å². The van der Waals surface area contributed by atoms with Gasteiger partial charge in [-0.3, -0.25) is 9.67 Å². The van der Waals surface area contributed by atoms with Crippen molar-refractivity contribution < 1.29 is 0 Å². The van der Waals surface area contributed by atoms with Crippen molar-refractivity contribution in [2.24, 2.45) is 5.92 Å². The van der Waals surface area contributed by atoms with Gasteiger partial charge in [-0.2, -0.15) is 5.10 Å². The summed E-state index contributed by atoms with van der Waals surface area (Å²) in [5.41, 5.74) is 5.06. The van der Waals surface area contributed by atoms with Crippen LogP contribution in [-0.4, -0.2) is 39.3 Å². The summed E-state index contributed by atoms with van der Waals surface area (Å²) >= 11 is 0. The minimum absolute atomic E-state index is 0.324. The monoisotopic (exact) mass is 386 g/mol. The molecule has 1 saturated carbocycles. The van der Waals surface area contributed by atoms with E-state index >= 15 is 0 Å². The van der Waals surface area contributed by atoms with Crippen LogP contribution >= 0.6 is 0 Å². The van der Waals surface area contributed by atoms with Crippen LogP contribution in [-0.2, 0) is 12.0 Å². The SMILES string of the molecule is c1ccc2ncc(-c3cc4n(n3)CC[C@]43CCN(CC4CCCCC4)C3)cc2c1. The number of aryl methyl sites for hydroxylation is 1. The Morgan fingerprint density at radius 1 is 1.00 bits per heavy atom. The molecule has 3 aliphatic rings. The number of rotatable bonds is 3. The molecule has 0 N–H and O–H groups in total. The van der Waals surface area contributed by atoms with Crippen molar-refractivity contribution in [1.29, 1.82) is 0 Å². The predicted molar refractivity (Wildman–Crippen MR) is 117 cm³/mol. The van der Waals surface area contributed by atoms with Crippen molar-refractivity contribution in [2.45, 2.75) is 56.9 Å². The molecule has 1 spiro atoms. The summed E-state index contributed by atoms with van der Waals surface area (Å²) in [6, 6.07) is 12.9. The van der Waals surface area contributed by atoms with Gasteiger partial charge >= 0.3 is 0 Å². The van der Waals surface area contributed by atoms with E-state index < -0.39 is 0 Å². The molecule has 0 amide bonds. The summed E-state index contributed by atoms with van der Waals surface area (Å²) in [6.45, 7) is 4.87. The first-order valence-corrected chi connectivity index (χ1v) is 11.5. The Morgan fingerprint density at radius 3 is 2.79 bits per heavy atom. The topological polar surface area (TPSA) is 34.0 Å². The third-order valence-electron chi connectivity index (χ3n) is 7.69. The summed E-state index contributed by atoms with van der Waals surface area (Å²) in [6.07, 6.45) is 11.8. The van der Waals surface area contributed by atoms with Crippen molar-refractivity contribution >= 4 is 10.9 Å². The van der Waals surface area contributed by atoms with E-state index in [9.17, 15) is 0 Å². The number of para-hydroxylation sites is 1. The maximum Gasteiger partial charge on any atom is 0.0941 e. The Bertz CT molecular complexity index is 1030. The Labute approximate surface area is 172 Å². The molecule has 1 aromatic carbocycles. The van der Waals surface area contributed by atoms with Crippen molar-refractivity contribution in [3.63, 3.8) is 0 Å². The number of hydrogen-bond donors (Lipinski definition) is 0. The summed E-state index contributed by atoms with van der Waals surface area (Å²) in [5, 5.41) is 6.17. The van der Waals surface area contributed by atoms with E-state index in [4.69, 9.17) is 5.10 Å². The molecule has 1 saturated heterocycles. The molecule has 4 nitrogen and oxygen atoms in total. The van der Waals surface area contributed by atoms with Gasteiger partial charge in [0.05, 0.1) is 11.2 Å². The molecule has 0 unspecified atom stereocenters. The van der Waals surface area contributed by atoms with Crippen LogP contribution in [0.3, 0.4) is 0 Å². The molecule has 150 valence electrons. The van der Waals surface area contributed by atoms with Gasteiger partial charge in [-0.05, 0) is 56.3 Å². The van der Waals surface area contributed by atoms with Gasteiger partial charge in [0.25, 0.3) is 0 Å². The smallest absolute Gasteiger partial charge is 0.0941 e. The second kappa shape index (κ2) is 6.94. The molecule has 3 aromatic rings. The molecule has 1 atom stereocenters. The highest BCUT2D eigenvalue weighted by Crippen LogP contribution is 2.44. The van der Waals surface area contributed by atoms with Crippen molar-refractivity contribution in [1.82, 2.24) is 19.7 Å². The molecule has 29 heavy (non-hydrogen) atoms. The number of aromatic nitrogens is 3. The molecule has 0 radical (unpaired) electrons. The van der Waals surface area contributed by atoms with E-state index in [-0.39, 0.29) is 0 Å². The standard InChI is InChI=1S/C25H30N4/c1-2-6-19(7-3-1)17-28-12-10-25(18-28)11-13-29-24(25)15-23(27-29)21-14-20-8-4-5-9-22(20)26-16-21/h4-5,8-9,14-16,19H,1-3,6-7,10-13,17-18H2/t25-/m0/s1. The first-order valence-electron chi connectivity index (χ1n) is 11.5. The molecular formula is C25H30N4. The molecule has 4 heterocycles. The fraction of sp³-hybridized carbons (Fsp3) is 0.520. The van der Waals surface area contributed by atoms with Gasteiger partial charge < -0.3 is 4.90 Å². The number of fused-ring (bicyclic) bond motifs is 3. The van der Waals surface area contributed by atoms with E-state index in [0.29, 0.717) is 5.41 Å². The van der Waals surface area contributed by atoms with Crippen LogP contribution in [0, 0.1) is 5.92 Å². The minimum Gasteiger partial charge on any atom is -0.302 e. The van der Waals surface area contributed by atoms with Crippen LogP contribution in [0.1, 0.15) is 50.6 Å². The highest BCUT2D eigenvalue weighted by Gasteiger charge is 2.45. The maximum atomic E-state index is 4.99. The zero-order chi connectivity index (χ0) is 19.3. The van der Waals surface area contributed by atoms with Gasteiger partial charge in [0.1, 0.15) is 0 Å². The lowest BCUT2D eigenvalue weighted by atomic mass is 9.82. The van der Waals surface area contributed by atoms with Crippen LogP contribution < -0.4 is 0 Å². The van der Waals surface area contributed by atoms with E-state index in [2.05, 4.69) is 44.9 Å². The fourth-order valence-electron chi connectivity index (χ4n) is 6.08. The second-order valence-electron chi connectivity index (χ2n) is 9.57. The molecule has 1 aliphatic carbocycles. The largest absolute Gasteiger partial charge is 0.302 e. The fourth-order valence-corrected chi connectivity index (χ4v) is 6.08. The molecular weight excluding hydrogens is 356 g/mol. The Balaban J connectivity index is 1.25. The minimum atomic E-state index is 0.324. The van der Waals surface area contributed by atoms with E-state index in [0.717, 1.165) is 29.2 Å². The quantitative estimate of drug-likeness (QED) is 0.633. The Hall–Kier alpha value is -2.20. The normalized spacial score (nSPS) is 25.2. The molecule has 4 heteroatoms. The summed E-state index contributed by atoms with van der Waals surface area (Å²) < 4.78 is 2.29. The lowest BCUT2D eigenvalue weighted by Crippen LogP contribution is -2.32. The summed E-state index contributed by atoms with van der Waals surface area (Å²) in [5.74, 6) is 0.935. The molecule has 0 bridgehead atoms. The van der Waals surface area contributed by atoms with Crippen LogP contribution in [0.4, 0.5) is 0 Å². The third-order valence-corrected chi connectivity index (χ3v) is 7.69. The van der Waals surface area contributed by atoms with Crippen LogP contribution in [0.2, 0.25) is 0 Å². The number of pyridine rings is 1. The van der Waals surface area contributed by atoms with Crippen LogP contribution in [0.15, 0.2) is 42.6 Å². The summed E-state index contributed by atoms with van der Waals surface area (Å²) in [4.78, 5) is 7.41. The average Bonchev–Trinajstić information content (AvgIpc) is 3.45. The van der Waals surface area contributed by atoms with Crippen molar-refractivity contribution in [2.75, 3.05) is 19.6 Å². The van der Waals surface area contributed by atoms with Gasteiger partial charge in [0.2, 0.25) is 0 Å². The lowest BCUT2D eigenvalue weighted by Gasteiger charge is -2.28. The predicted octanol–water partition coefficient (Wildman–Crippen LogP) is 5.03. The Kier molecular flexibility index (Phi) is 4.22. The third kappa shape index (κ3) is 3.09. The number of benzene rings is 1. The number of nitrogens with zero attached hydrogens (tertiary/aromatic N) is 4. The van der Waals surface area contributed by atoms with E-state index in [1.54, 1.807) is 0 Å². The first-order chi connectivity index (χ1) is 14.3. The van der Waals surface area contributed by atoms with Crippen molar-refractivity contribution in [3.8, 4) is 11.3 Å². The van der Waals surface area contributed by atoms with Gasteiger partial charge in [0.15, 0.2) is 0 Å². The lowest BCUT2D eigenvalue weighted by molar-refractivity contribution is 0.223. The highest BCUT2D eigenvalue weighted by molar-refractivity contribution is 5.82. The van der Waals surface area contributed by atoms with E-state index in [1.807, 2.05) is 12.3 Å². The number of likely N-dealkylation sites (tertiary alicyclic amines) is 1. The second-order valence-corrected chi connectivity index (χ2v) is 9.57. The van der Waals surface area contributed by atoms with Crippen LogP contribution in [0.5, 0.6) is 0 Å². The summed E-state index contributed by atoms with van der Waals surface area (Å²) in [7, 11) is 0. The zero-order valence-electron chi connectivity index (χ0n) is 17.2. The van der Waals surface area contributed by atoms with Gasteiger partial charge in [-0.25, -0.2) is 0 Å². The molecule has 6 rings (SSSR count). The zero-order valence-corrected chi connectivity index (χ0v) is 17.2. The van der Waals surface area contributed by atoms with E-state index in [1.165, 1.54) is 75.7 Å². The number of hydrogen-bond acceptors (Lipinski definition) is 3. The molecule has 2 aromatic heterocycles. The highest BCUT2D eigenvalue weighted by atomic mass is 15.3. The molecule has 2 aliphatic heterocycles. The van der Waals surface area contributed by atoms with Gasteiger partial charge in [-0.1, -0.05) is 37.5 Å².